The van der Waals surface area contributed by atoms with Crippen molar-refractivity contribution in [3.63, 3.8) is 0 Å². The Bertz CT molecular complexity index is 666. The summed E-state index contributed by atoms with van der Waals surface area (Å²) >= 11 is 1.61. The van der Waals surface area contributed by atoms with Crippen LogP contribution in [-0.2, 0) is 6.42 Å². The molecule has 0 unspecified atom stereocenters. The van der Waals surface area contributed by atoms with Gasteiger partial charge < -0.3 is 10.7 Å². The summed E-state index contributed by atoms with van der Waals surface area (Å²) in [6.45, 7) is 2.15. The van der Waals surface area contributed by atoms with E-state index in [1.54, 1.807) is 11.3 Å². The molecule has 0 aliphatic rings. The fourth-order valence-corrected chi connectivity index (χ4v) is 2.66. The summed E-state index contributed by atoms with van der Waals surface area (Å²) < 4.78 is 0. The summed E-state index contributed by atoms with van der Waals surface area (Å²) in [7, 11) is 0. The second-order valence-electron chi connectivity index (χ2n) is 4.00. The summed E-state index contributed by atoms with van der Waals surface area (Å²) in [5.74, 6) is 0.862. The van der Waals surface area contributed by atoms with Gasteiger partial charge >= 0.3 is 0 Å². The zero-order valence-corrected chi connectivity index (χ0v) is 10.3. The van der Waals surface area contributed by atoms with Crippen LogP contribution in [0.15, 0.2) is 29.6 Å². The first-order chi connectivity index (χ1) is 8.28. The largest absolute Gasteiger partial charge is 0.397 e. The van der Waals surface area contributed by atoms with Crippen molar-refractivity contribution in [1.82, 2.24) is 9.97 Å². The molecule has 2 aromatic heterocycles. The molecule has 0 spiro atoms. The molecule has 4 heteroatoms. The summed E-state index contributed by atoms with van der Waals surface area (Å²) in [6.07, 6.45) is 1.03. The number of imidazole rings is 1. The van der Waals surface area contributed by atoms with Gasteiger partial charge in [0, 0.05) is 0 Å². The molecular formula is C13H13N3S. The van der Waals surface area contributed by atoms with Crippen molar-refractivity contribution < 1.29 is 0 Å². The Hall–Kier alpha value is -1.81. The van der Waals surface area contributed by atoms with E-state index in [9.17, 15) is 0 Å². The van der Waals surface area contributed by atoms with Gasteiger partial charge in [0.25, 0.3) is 0 Å². The zero-order chi connectivity index (χ0) is 11.8. The maximum atomic E-state index is 5.90. The maximum Gasteiger partial charge on any atom is 0.150 e. The van der Waals surface area contributed by atoms with Crippen molar-refractivity contribution >= 4 is 28.1 Å². The molecule has 0 aliphatic carbocycles. The lowest BCUT2D eigenvalue weighted by Crippen LogP contribution is -1.84. The number of aromatic amines is 1. The SMILES string of the molecule is CCc1ccc2nc(-c3sccc3N)[nH]c2c1. The predicted octanol–water partition coefficient (Wildman–Crippen LogP) is 3.44. The van der Waals surface area contributed by atoms with E-state index in [0.717, 1.165) is 33.8 Å². The summed E-state index contributed by atoms with van der Waals surface area (Å²) in [5, 5.41) is 1.98. The molecule has 0 fully saturated rings. The van der Waals surface area contributed by atoms with Gasteiger partial charge in [0.2, 0.25) is 0 Å². The van der Waals surface area contributed by atoms with Gasteiger partial charge in [0.05, 0.1) is 21.6 Å². The smallest absolute Gasteiger partial charge is 0.150 e. The van der Waals surface area contributed by atoms with Gasteiger partial charge in [-0.25, -0.2) is 4.98 Å². The number of nitrogens with two attached hydrogens (primary N) is 1. The summed E-state index contributed by atoms with van der Waals surface area (Å²) in [4.78, 5) is 8.91. The number of H-pyrrole nitrogens is 1. The molecule has 2 heterocycles. The highest BCUT2D eigenvalue weighted by atomic mass is 32.1. The Balaban J connectivity index is 2.17. The van der Waals surface area contributed by atoms with Gasteiger partial charge in [-0.15, -0.1) is 11.3 Å². The molecule has 0 amide bonds. The Morgan fingerprint density at radius 3 is 2.94 bits per heavy atom. The van der Waals surface area contributed by atoms with Crippen LogP contribution in [0.3, 0.4) is 0 Å². The fraction of sp³-hybridized carbons (Fsp3) is 0.154. The zero-order valence-electron chi connectivity index (χ0n) is 9.53. The van der Waals surface area contributed by atoms with E-state index in [1.165, 1.54) is 5.56 Å². The number of nitrogens with one attached hydrogen (secondary N) is 1. The normalized spacial score (nSPS) is 11.1. The van der Waals surface area contributed by atoms with E-state index in [4.69, 9.17) is 5.73 Å². The number of nitrogen functional groups attached to an aromatic ring is 1. The second-order valence-corrected chi connectivity index (χ2v) is 4.91. The number of anilines is 1. The van der Waals surface area contributed by atoms with Crippen molar-refractivity contribution in [2.75, 3.05) is 5.73 Å². The summed E-state index contributed by atoms with van der Waals surface area (Å²) in [5.41, 5.74) is 10.1. The molecule has 0 aliphatic heterocycles. The lowest BCUT2D eigenvalue weighted by atomic mass is 10.1. The standard InChI is InChI=1S/C13H13N3S/c1-2-8-3-4-10-11(7-8)16-13(15-10)12-9(14)5-6-17-12/h3-7H,2,14H2,1H3,(H,15,16). The Kier molecular flexibility index (Phi) is 2.37. The molecule has 3 N–H and O–H groups in total. The Morgan fingerprint density at radius 2 is 2.24 bits per heavy atom. The topological polar surface area (TPSA) is 54.7 Å². The average Bonchev–Trinajstić information content (AvgIpc) is 2.93. The first-order valence-corrected chi connectivity index (χ1v) is 6.48. The number of nitrogens with zero attached hydrogens (tertiary/aromatic N) is 1. The van der Waals surface area contributed by atoms with Gasteiger partial charge in [-0.2, -0.15) is 0 Å². The number of hydrogen-bond donors (Lipinski definition) is 2. The van der Waals surface area contributed by atoms with Gasteiger partial charge in [0.15, 0.2) is 5.82 Å². The van der Waals surface area contributed by atoms with Crippen molar-refractivity contribution in [2.24, 2.45) is 0 Å². The number of hydrogen-bond acceptors (Lipinski definition) is 3. The van der Waals surface area contributed by atoms with Crippen molar-refractivity contribution in [2.45, 2.75) is 13.3 Å². The van der Waals surface area contributed by atoms with Crippen LogP contribution >= 0.6 is 11.3 Å². The molecule has 86 valence electrons. The highest BCUT2D eigenvalue weighted by Crippen LogP contribution is 2.30. The van der Waals surface area contributed by atoms with Crippen molar-refractivity contribution in [1.29, 1.82) is 0 Å². The number of fused-ring (bicyclic) bond motifs is 1. The third-order valence-electron chi connectivity index (χ3n) is 2.87. The quantitative estimate of drug-likeness (QED) is 0.724. The molecule has 3 nitrogen and oxygen atoms in total. The lowest BCUT2D eigenvalue weighted by Gasteiger charge is -1.94. The van der Waals surface area contributed by atoms with Crippen LogP contribution in [0.5, 0.6) is 0 Å². The number of aromatic nitrogens is 2. The van der Waals surface area contributed by atoms with Crippen LogP contribution < -0.4 is 5.73 Å². The van der Waals surface area contributed by atoms with E-state index in [2.05, 4.69) is 35.1 Å². The van der Waals surface area contributed by atoms with Crippen LogP contribution in [0.25, 0.3) is 21.7 Å². The molecule has 0 saturated carbocycles. The molecule has 3 rings (SSSR count). The first-order valence-electron chi connectivity index (χ1n) is 5.60. The minimum atomic E-state index is 0.782. The van der Waals surface area contributed by atoms with Crippen molar-refractivity contribution in [3.05, 3.63) is 35.2 Å². The number of thiophene rings is 1. The Morgan fingerprint density at radius 1 is 1.35 bits per heavy atom. The lowest BCUT2D eigenvalue weighted by molar-refractivity contribution is 1.14. The molecule has 0 bridgehead atoms. The van der Waals surface area contributed by atoms with E-state index >= 15 is 0 Å². The molecule has 3 aromatic rings. The maximum absolute atomic E-state index is 5.90. The minimum absolute atomic E-state index is 0.782. The van der Waals surface area contributed by atoms with E-state index in [-0.39, 0.29) is 0 Å². The molecule has 17 heavy (non-hydrogen) atoms. The average molecular weight is 243 g/mol. The minimum Gasteiger partial charge on any atom is -0.397 e. The van der Waals surface area contributed by atoms with Crippen LogP contribution in [0.1, 0.15) is 12.5 Å². The van der Waals surface area contributed by atoms with E-state index in [0.29, 0.717) is 0 Å². The highest BCUT2D eigenvalue weighted by molar-refractivity contribution is 7.14. The van der Waals surface area contributed by atoms with Gasteiger partial charge in [-0.3, -0.25) is 0 Å². The molecule has 0 atom stereocenters. The van der Waals surface area contributed by atoms with Crippen LogP contribution in [0.2, 0.25) is 0 Å². The molecule has 0 saturated heterocycles. The van der Waals surface area contributed by atoms with Crippen molar-refractivity contribution in [3.8, 4) is 10.7 Å². The first kappa shape index (κ1) is 10.4. The Labute approximate surface area is 103 Å². The predicted molar refractivity (Wildman–Crippen MR) is 73.2 cm³/mol. The second kappa shape index (κ2) is 3.89. The molecule has 1 aromatic carbocycles. The number of rotatable bonds is 2. The molecule has 0 radical (unpaired) electrons. The third-order valence-corrected chi connectivity index (χ3v) is 3.80. The van der Waals surface area contributed by atoms with Gasteiger partial charge in [-0.1, -0.05) is 13.0 Å². The van der Waals surface area contributed by atoms with Gasteiger partial charge in [0.1, 0.15) is 0 Å². The van der Waals surface area contributed by atoms with E-state index in [1.807, 2.05) is 11.4 Å². The van der Waals surface area contributed by atoms with Gasteiger partial charge in [-0.05, 0) is 35.6 Å². The van der Waals surface area contributed by atoms with E-state index < -0.39 is 0 Å². The number of aryl methyl sites for hydroxylation is 1. The molecular weight excluding hydrogens is 230 g/mol. The fourth-order valence-electron chi connectivity index (χ4n) is 1.90. The monoisotopic (exact) mass is 243 g/mol. The van der Waals surface area contributed by atoms with Crippen LogP contribution in [0.4, 0.5) is 5.69 Å². The third kappa shape index (κ3) is 1.70. The van der Waals surface area contributed by atoms with Crippen LogP contribution in [-0.4, -0.2) is 9.97 Å². The summed E-state index contributed by atoms with van der Waals surface area (Å²) in [6, 6.07) is 8.23. The highest BCUT2D eigenvalue weighted by Gasteiger charge is 2.09. The van der Waals surface area contributed by atoms with Crippen LogP contribution in [0, 0.1) is 0 Å². The number of benzene rings is 1.